The second kappa shape index (κ2) is 6.67. The zero-order valence-corrected chi connectivity index (χ0v) is 15.5. The van der Waals surface area contributed by atoms with Crippen molar-refractivity contribution in [2.24, 2.45) is 11.1 Å². The topological polar surface area (TPSA) is 102 Å². The molecule has 0 bridgehead atoms. The number of nitrogens with zero attached hydrogens (tertiary/aromatic N) is 1. The molecule has 7 heteroatoms. The third kappa shape index (κ3) is 2.89. The van der Waals surface area contributed by atoms with Crippen LogP contribution in [-0.4, -0.2) is 31.4 Å². The smallest absolute Gasteiger partial charge is 0.414 e. The summed E-state index contributed by atoms with van der Waals surface area (Å²) in [5, 5.41) is 3.41. The summed E-state index contributed by atoms with van der Waals surface area (Å²) in [6, 6.07) is 12.5. The summed E-state index contributed by atoms with van der Waals surface area (Å²) in [6.45, 7) is 2.67. The second-order valence-electron chi connectivity index (χ2n) is 7.43. The summed E-state index contributed by atoms with van der Waals surface area (Å²) in [5.74, 6) is -0.432. The van der Waals surface area contributed by atoms with Gasteiger partial charge in [0, 0.05) is 16.9 Å². The van der Waals surface area contributed by atoms with Crippen LogP contribution in [0.2, 0.25) is 0 Å². The molecule has 2 aliphatic rings. The van der Waals surface area contributed by atoms with Gasteiger partial charge in [0.15, 0.2) is 0 Å². The molecule has 0 aliphatic carbocycles. The van der Waals surface area contributed by atoms with Crippen LogP contribution in [0, 0.1) is 5.41 Å². The van der Waals surface area contributed by atoms with Crippen LogP contribution in [0.4, 0.5) is 16.2 Å². The Kier molecular flexibility index (Phi) is 4.30. The fourth-order valence-electron chi connectivity index (χ4n) is 3.97. The van der Waals surface area contributed by atoms with E-state index in [9.17, 15) is 14.4 Å². The summed E-state index contributed by atoms with van der Waals surface area (Å²) in [5.41, 5.74) is 8.76. The zero-order chi connectivity index (χ0) is 19.9. The summed E-state index contributed by atoms with van der Waals surface area (Å²) >= 11 is 0. The minimum Gasteiger partial charge on any atom is -0.447 e. The van der Waals surface area contributed by atoms with E-state index in [0.29, 0.717) is 25.1 Å². The number of carbonyl (C=O) groups is 3. The first-order valence-corrected chi connectivity index (χ1v) is 9.11. The van der Waals surface area contributed by atoms with Gasteiger partial charge in [-0.2, -0.15) is 0 Å². The number of carbonyl (C=O) groups excluding carboxylic acids is 3. The van der Waals surface area contributed by atoms with E-state index >= 15 is 0 Å². The van der Waals surface area contributed by atoms with Gasteiger partial charge >= 0.3 is 6.09 Å². The lowest BCUT2D eigenvalue weighted by Gasteiger charge is -2.41. The maximum absolute atomic E-state index is 12.4. The molecule has 2 aromatic carbocycles. The number of benzene rings is 2. The number of primary amides is 1. The number of hydrogen-bond donors (Lipinski definition) is 2. The van der Waals surface area contributed by atoms with Gasteiger partial charge in [-0.25, -0.2) is 4.79 Å². The van der Waals surface area contributed by atoms with E-state index in [0.717, 1.165) is 28.8 Å². The zero-order valence-electron chi connectivity index (χ0n) is 15.5. The van der Waals surface area contributed by atoms with E-state index in [1.807, 2.05) is 37.3 Å². The lowest BCUT2D eigenvalue weighted by molar-refractivity contribution is -0.127. The lowest BCUT2D eigenvalue weighted by atomic mass is 9.70. The van der Waals surface area contributed by atoms with Gasteiger partial charge in [0.2, 0.25) is 5.91 Å². The predicted octanol–water partition coefficient (Wildman–Crippen LogP) is 2.66. The van der Waals surface area contributed by atoms with Crippen LogP contribution in [0.15, 0.2) is 42.5 Å². The van der Waals surface area contributed by atoms with Gasteiger partial charge in [-0.3, -0.25) is 14.5 Å². The Labute approximate surface area is 162 Å². The summed E-state index contributed by atoms with van der Waals surface area (Å²) < 4.78 is 5.02. The van der Waals surface area contributed by atoms with Crippen LogP contribution in [-0.2, 0) is 16.0 Å². The third-order valence-electron chi connectivity index (χ3n) is 5.60. The van der Waals surface area contributed by atoms with Crippen molar-refractivity contribution < 1.29 is 19.1 Å². The molecule has 2 unspecified atom stereocenters. The minimum atomic E-state index is -0.904. The molecule has 1 fully saturated rings. The van der Waals surface area contributed by atoms with Gasteiger partial charge in [0.25, 0.3) is 0 Å². The normalized spacial score (nSPS) is 23.5. The molecule has 28 heavy (non-hydrogen) atoms. The van der Waals surface area contributed by atoms with Gasteiger partial charge < -0.3 is 15.8 Å². The number of rotatable bonds is 4. The van der Waals surface area contributed by atoms with Crippen molar-refractivity contribution in [3.8, 4) is 0 Å². The van der Waals surface area contributed by atoms with Gasteiger partial charge in [0.05, 0.1) is 18.0 Å². The second-order valence-corrected chi connectivity index (χ2v) is 7.43. The van der Waals surface area contributed by atoms with Crippen LogP contribution < -0.4 is 16.0 Å². The van der Waals surface area contributed by atoms with Crippen molar-refractivity contribution in [3.05, 3.63) is 59.2 Å². The van der Waals surface area contributed by atoms with Crippen molar-refractivity contribution in [2.75, 3.05) is 23.4 Å². The van der Waals surface area contributed by atoms with E-state index in [-0.39, 0.29) is 12.1 Å². The Morgan fingerprint density at radius 3 is 2.82 bits per heavy atom. The van der Waals surface area contributed by atoms with Crippen molar-refractivity contribution in [3.63, 3.8) is 0 Å². The number of fused-ring (bicyclic) bond motifs is 1. The highest BCUT2D eigenvalue weighted by molar-refractivity contribution is 5.90. The average Bonchev–Trinajstić information content (AvgIpc) is 3.13. The number of nitrogens with two attached hydrogens (primary N) is 1. The maximum atomic E-state index is 12.4. The standard InChI is InChI=1S/C21H21N3O4/c1-21(19(22)26)11-15-9-13(12-25)5-6-17(15)23-18(21)14-3-2-4-16(10-14)24-7-8-28-20(24)27/h2-6,9-10,12,18,23H,7-8,11H2,1H3,(H2,22,26). The Hall–Kier alpha value is -3.35. The lowest BCUT2D eigenvalue weighted by Crippen LogP contribution is -2.46. The molecule has 0 aromatic heterocycles. The molecular formula is C21H21N3O4. The fraction of sp³-hybridized carbons (Fsp3) is 0.286. The monoisotopic (exact) mass is 379 g/mol. The molecule has 0 saturated carbocycles. The number of amides is 2. The van der Waals surface area contributed by atoms with Crippen molar-refractivity contribution in [2.45, 2.75) is 19.4 Å². The molecular weight excluding hydrogens is 358 g/mol. The molecule has 2 aromatic rings. The first kappa shape index (κ1) is 18.0. The Bertz CT molecular complexity index is 974. The Morgan fingerprint density at radius 2 is 2.14 bits per heavy atom. The Morgan fingerprint density at radius 1 is 1.32 bits per heavy atom. The SMILES string of the molecule is CC1(C(N)=O)Cc2cc(C=O)ccc2NC1c1cccc(N2CCOC2=O)c1. The summed E-state index contributed by atoms with van der Waals surface area (Å²) in [7, 11) is 0. The molecule has 3 N–H and O–H groups in total. The molecule has 2 heterocycles. The van der Waals surface area contributed by atoms with Gasteiger partial charge in [0.1, 0.15) is 12.9 Å². The largest absolute Gasteiger partial charge is 0.447 e. The van der Waals surface area contributed by atoms with Crippen LogP contribution in [0.5, 0.6) is 0 Å². The highest BCUT2D eigenvalue weighted by atomic mass is 16.6. The molecule has 144 valence electrons. The average molecular weight is 379 g/mol. The summed E-state index contributed by atoms with van der Waals surface area (Å²) in [4.78, 5) is 37.0. The minimum absolute atomic E-state index is 0.357. The van der Waals surface area contributed by atoms with Crippen molar-refractivity contribution >= 4 is 29.7 Å². The van der Waals surface area contributed by atoms with Crippen LogP contribution in [0.3, 0.4) is 0 Å². The van der Waals surface area contributed by atoms with Gasteiger partial charge in [-0.15, -0.1) is 0 Å². The number of cyclic esters (lactones) is 1. The first-order chi connectivity index (χ1) is 13.4. The fourth-order valence-corrected chi connectivity index (χ4v) is 3.97. The first-order valence-electron chi connectivity index (χ1n) is 9.11. The Balaban J connectivity index is 1.76. The molecule has 1 saturated heterocycles. The van der Waals surface area contributed by atoms with Crippen molar-refractivity contribution in [1.82, 2.24) is 0 Å². The third-order valence-corrected chi connectivity index (χ3v) is 5.60. The molecule has 2 atom stereocenters. The van der Waals surface area contributed by atoms with Crippen LogP contribution in [0.25, 0.3) is 0 Å². The number of anilines is 2. The predicted molar refractivity (Wildman–Crippen MR) is 104 cm³/mol. The van der Waals surface area contributed by atoms with E-state index in [1.165, 1.54) is 0 Å². The van der Waals surface area contributed by atoms with E-state index in [2.05, 4.69) is 5.32 Å². The molecule has 0 spiro atoms. The van der Waals surface area contributed by atoms with E-state index in [1.54, 1.807) is 17.0 Å². The molecule has 7 nitrogen and oxygen atoms in total. The number of hydrogen-bond acceptors (Lipinski definition) is 5. The molecule has 2 aliphatic heterocycles. The molecule has 0 radical (unpaired) electrons. The number of ether oxygens (including phenoxy) is 1. The quantitative estimate of drug-likeness (QED) is 0.795. The van der Waals surface area contributed by atoms with Crippen LogP contribution >= 0.6 is 0 Å². The van der Waals surface area contributed by atoms with Gasteiger partial charge in [-0.1, -0.05) is 12.1 Å². The summed E-state index contributed by atoms with van der Waals surface area (Å²) in [6.07, 6.45) is 0.817. The number of nitrogens with one attached hydrogen (secondary N) is 1. The maximum Gasteiger partial charge on any atom is 0.414 e. The molecule has 4 rings (SSSR count). The van der Waals surface area contributed by atoms with Gasteiger partial charge in [-0.05, 0) is 54.8 Å². The highest BCUT2D eigenvalue weighted by Gasteiger charge is 2.44. The molecule has 2 amide bonds. The highest BCUT2D eigenvalue weighted by Crippen LogP contribution is 2.45. The number of aldehydes is 1. The van der Waals surface area contributed by atoms with E-state index in [4.69, 9.17) is 10.5 Å². The van der Waals surface area contributed by atoms with Crippen molar-refractivity contribution in [1.29, 1.82) is 0 Å². The van der Waals surface area contributed by atoms with Crippen LogP contribution in [0.1, 0.15) is 34.5 Å². The van der Waals surface area contributed by atoms with E-state index < -0.39 is 11.3 Å².